The number of rotatable bonds is 13. The minimum atomic E-state index is -0.798. The van der Waals surface area contributed by atoms with E-state index >= 15 is 0 Å². The van der Waals surface area contributed by atoms with Crippen LogP contribution in [0.3, 0.4) is 0 Å². The maximum Gasteiger partial charge on any atom is 0.315 e. The third-order valence-corrected chi connectivity index (χ3v) is 11.2. The molecular formula is C42H42F2N6O4S. The first-order valence-electron chi connectivity index (χ1n) is 18.3. The maximum atomic E-state index is 14.0. The van der Waals surface area contributed by atoms with Crippen molar-refractivity contribution in [3.63, 3.8) is 0 Å². The molecule has 0 amide bonds. The molecular weight excluding hydrogens is 723 g/mol. The molecule has 1 aromatic heterocycles. The maximum absolute atomic E-state index is 14.0. The van der Waals surface area contributed by atoms with Crippen LogP contribution in [0.2, 0.25) is 0 Å². The van der Waals surface area contributed by atoms with Gasteiger partial charge in [-0.05, 0) is 72.0 Å². The van der Waals surface area contributed by atoms with Crippen molar-refractivity contribution in [2.75, 3.05) is 46.4 Å². The number of hydrogen-bond acceptors (Lipinski definition) is 10. The Bertz CT molecular complexity index is 2090. The summed E-state index contributed by atoms with van der Waals surface area (Å²) in [6.07, 6.45) is 0. The molecule has 2 aliphatic rings. The number of hydrogen-bond donors (Lipinski definition) is 0. The van der Waals surface area contributed by atoms with Crippen LogP contribution in [0, 0.1) is 27.7 Å². The van der Waals surface area contributed by atoms with Crippen LogP contribution in [0.15, 0.2) is 108 Å². The number of ether oxygens (including phenoxy) is 1. The van der Waals surface area contributed by atoms with Crippen molar-refractivity contribution < 1.29 is 23.2 Å². The Morgan fingerprint density at radius 2 is 1.60 bits per heavy atom. The van der Waals surface area contributed by atoms with Crippen LogP contribution in [0.5, 0.6) is 0 Å². The van der Waals surface area contributed by atoms with E-state index in [9.17, 15) is 23.7 Å². The number of carbonyl (C=O) groups is 1. The van der Waals surface area contributed by atoms with Crippen LogP contribution >= 0.6 is 11.5 Å². The first-order valence-corrected chi connectivity index (χ1v) is 19.1. The fourth-order valence-electron chi connectivity index (χ4n) is 7.62. The summed E-state index contributed by atoms with van der Waals surface area (Å²) in [5.74, 6) is -2.45. The van der Waals surface area contributed by atoms with Crippen molar-refractivity contribution in [1.82, 2.24) is 19.1 Å². The van der Waals surface area contributed by atoms with Crippen molar-refractivity contribution in [3.05, 3.63) is 158 Å². The summed E-state index contributed by atoms with van der Waals surface area (Å²) in [5.41, 5.74) is 5.69. The van der Waals surface area contributed by atoms with Crippen LogP contribution < -0.4 is 0 Å². The zero-order chi connectivity index (χ0) is 38.5. The highest BCUT2D eigenvalue weighted by molar-refractivity contribution is 7.10. The quantitative estimate of drug-likeness (QED) is 0.0681. The van der Waals surface area contributed by atoms with Crippen molar-refractivity contribution in [1.29, 1.82) is 0 Å². The van der Waals surface area contributed by atoms with Gasteiger partial charge in [-0.2, -0.15) is 4.37 Å². The number of halogens is 2. The Hall–Kier alpha value is -5.21. The van der Waals surface area contributed by atoms with Crippen LogP contribution in [0.25, 0.3) is 0 Å². The average molecular weight is 765 g/mol. The van der Waals surface area contributed by atoms with Gasteiger partial charge < -0.3 is 4.74 Å². The predicted molar refractivity (Wildman–Crippen MR) is 209 cm³/mol. The van der Waals surface area contributed by atoms with E-state index in [1.54, 1.807) is 37.3 Å². The van der Waals surface area contributed by atoms with Gasteiger partial charge in [0.05, 0.1) is 16.7 Å². The molecule has 2 atom stereocenters. The summed E-state index contributed by atoms with van der Waals surface area (Å²) >= 11 is 1.26. The van der Waals surface area contributed by atoms with E-state index in [0.717, 1.165) is 27.9 Å². The molecule has 10 nitrogen and oxygen atoms in total. The highest BCUT2D eigenvalue weighted by Gasteiger charge is 2.42. The van der Waals surface area contributed by atoms with Gasteiger partial charge in [0.1, 0.15) is 29.2 Å². The molecule has 2 aliphatic heterocycles. The number of likely N-dealkylation sites (N-methyl/N-ethyl adjacent to an activating group) is 1. The van der Waals surface area contributed by atoms with E-state index in [-0.39, 0.29) is 30.0 Å². The lowest BCUT2D eigenvalue weighted by molar-refractivity contribution is -0.384. The largest absolute Gasteiger partial charge is 0.464 e. The first-order chi connectivity index (χ1) is 26.6. The van der Waals surface area contributed by atoms with Gasteiger partial charge in [0.15, 0.2) is 0 Å². The van der Waals surface area contributed by atoms with E-state index < -0.39 is 22.7 Å². The molecule has 1 saturated heterocycles. The Morgan fingerprint density at radius 3 is 2.24 bits per heavy atom. The SMILES string of the molecule is CC1=Nc2snc(CN3CCN(C(c4ccc(F)cc4)c4ccc(F)cc4)CC3)c2C(c2cccc([N+](=O)[O-])c2)C1C(=O)OCCN(C)Cc1ccccc1. The highest BCUT2D eigenvalue weighted by Crippen LogP contribution is 2.47. The number of aromatic nitrogens is 1. The van der Waals surface area contributed by atoms with Crippen LogP contribution in [0.1, 0.15) is 52.4 Å². The van der Waals surface area contributed by atoms with Gasteiger partial charge in [-0.15, -0.1) is 0 Å². The number of carbonyl (C=O) groups excluding carboxylic acids is 1. The second-order valence-electron chi connectivity index (χ2n) is 14.1. The number of benzene rings is 4. The zero-order valence-corrected chi connectivity index (χ0v) is 31.5. The minimum Gasteiger partial charge on any atom is -0.464 e. The molecule has 0 radical (unpaired) electrons. The zero-order valence-electron chi connectivity index (χ0n) is 30.7. The fraction of sp³-hybridized carbons (Fsp3) is 0.310. The molecule has 3 heterocycles. The summed E-state index contributed by atoms with van der Waals surface area (Å²) in [5, 5.41) is 12.6. The van der Waals surface area contributed by atoms with Crippen molar-refractivity contribution in [3.8, 4) is 0 Å². The number of nitro benzene ring substituents is 1. The summed E-state index contributed by atoms with van der Waals surface area (Å²) in [6, 6.07) is 29.2. The molecule has 0 saturated carbocycles. The Kier molecular flexibility index (Phi) is 11.8. The topological polar surface area (TPSA) is 104 Å². The van der Waals surface area contributed by atoms with Crippen LogP contribution in [-0.4, -0.2) is 82.1 Å². The number of piperazine rings is 1. The van der Waals surface area contributed by atoms with Crippen molar-refractivity contribution >= 4 is 33.9 Å². The van der Waals surface area contributed by atoms with E-state index in [1.807, 2.05) is 31.3 Å². The van der Waals surface area contributed by atoms with Crippen LogP contribution in [0.4, 0.5) is 19.5 Å². The van der Waals surface area contributed by atoms with Crippen molar-refractivity contribution in [2.24, 2.45) is 10.9 Å². The van der Waals surface area contributed by atoms with Gasteiger partial charge in [-0.3, -0.25) is 29.6 Å². The fourth-order valence-corrected chi connectivity index (χ4v) is 8.50. The smallest absolute Gasteiger partial charge is 0.315 e. The molecule has 0 aliphatic carbocycles. The van der Waals surface area contributed by atoms with Crippen LogP contribution in [-0.2, 0) is 22.6 Å². The lowest BCUT2D eigenvalue weighted by atomic mass is 9.76. The van der Waals surface area contributed by atoms with Crippen molar-refractivity contribution in [2.45, 2.75) is 32.0 Å². The number of fused-ring (bicyclic) bond motifs is 1. The Morgan fingerprint density at radius 1 is 0.945 bits per heavy atom. The van der Waals surface area contributed by atoms with Gasteiger partial charge in [-0.25, -0.2) is 13.8 Å². The Balaban J connectivity index is 1.10. The molecule has 7 rings (SSSR count). The van der Waals surface area contributed by atoms with E-state index in [0.29, 0.717) is 62.1 Å². The lowest BCUT2D eigenvalue weighted by Crippen LogP contribution is -2.47. The van der Waals surface area contributed by atoms with E-state index in [1.165, 1.54) is 47.9 Å². The third kappa shape index (κ3) is 8.86. The first kappa shape index (κ1) is 38.1. The lowest BCUT2D eigenvalue weighted by Gasteiger charge is -2.40. The summed E-state index contributed by atoms with van der Waals surface area (Å²) in [6.45, 7) is 6.46. The third-order valence-electron chi connectivity index (χ3n) is 10.4. The molecule has 2 unspecified atom stereocenters. The molecule has 13 heteroatoms. The van der Waals surface area contributed by atoms with Gasteiger partial charge in [0.2, 0.25) is 0 Å². The van der Waals surface area contributed by atoms with E-state index in [2.05, 4.69) is 26.8 Å². The van der Waals surface area contributed by atoms with Gasteiger partial charge >= 0.3 is 5.97 Å². The molecule has 55 heavy (non-hydrogen) atoms. The molecule has 4 aromatic carbocycles. The molecule has 5 aromatic rings. The second-order valence-corrected chi connectivity index (χ2v) is 14.9. The summed E-state index contributed by atoms with van der Waals surface area (Å²) in [4.78, 5) is 37.0. The summed E-state index contributed by atoms with van der Waals surface area (Å²) in [7, 11) is 1.97. The molecule has 0 N–H and O–H groups in total. The summed E-state index contributed by atoms with van der Waals surface area (Å²) < 4.78 is 38.6. The molecule has 1 fully saturated rings. The van der Waals surface area contributed by atoms with Gasteiger partial charge in [0.25, 0.3) is 5.69 Å². The van der Waals surface area contributed by atoms with E-state index in [4.69, 9.17) is 14.1 Å². The predicted octanol–water partition coefficient (Wildman–Crippen LogP) is 7.77. The normalized spacial score (nSPS) is 17.6. The number of aliphatic imine (C=N–C) groups is 1. The number of non-ortho nitro benzene ring substituents is 1. The monoisotopic (exact) mass is 764 g/mol. The number of nitro groups is 1. The Labute approximate surface area is 323 Å². The number of nitrogens with zero attached hydrogens (tertiary/aromatic N) is 6. The average Bonchev–Trinajstić information content (AvgIpc) is 3.58. The minimum absolute atomic E-state index is 0.0633. The van der Waals surface area contributed by atoms with Gasteiger partial charge in [-0.1, -0.05) is 66.7 Å². The second kappa shape index (κ2) is 17.1. The number of esters is 1. The molecule has 284 valence electrons. The highest BCUT2D eigenvalue weighted by atomic mass is 32.1. The molecule has 0 spiro atoms. The molecule has 0 bridgehead atoms. The standard InChI is InChI=1S/C42H42F2N6O4S/c1-28-37(42(51)54-24-23-47(2)26-29-7-4-3-5-8-29)38(32-9-6-10-35(25-32)50(52)53)39-36(46-55-41(39)45-28)27-48-19-21-49(22-20-48)40(30-11-15-33(43)16-12-30)31-13-17-34(44)18-14-31/h3-18,25,37-38,40H,19-24,26-27H2,1-2H3. The van der Waals surface area contributed by atoms with Gasteiger partial charge in [0, 0.05) is 75.1 Å².